The average molecular weight is 224 g/mol. The first-order valence-electron chi connectivity index (χ1n) is 4.65. The summed E-state index contributed by atoms with van der Waals surface area (Å²) in [6.45, 7) is 0.757. The van der Waals surface area contributed by atoms with E-state index in [9.17, 15) is 4.79 Å². The molecule has 0 aromatic carbocycles. The van der Waals surface area contributed by atoms with Gasteiger partial charge in [-0.25, -0.2) is 4.98 Å². The van der Waals surface area contributed by atoms with Crippen molar-refractivity contribution in [2.24, 2.45) is 11.5 Å². The number of imidazole rings is 1. The molecule has 0 bridgehead atoms. The molecule has 2 heterocycles. The van der Waals surface area contributed by atoms with Crippen molar-refractivity contribution in [3.05, 3.63) is 23.0 Å². The maximum atomic E-state index is 11.7. The molecular weight excluding hydrogens is 212 g/mol. The van der Waals surface area contributed by atoms with E-state index in [4.69, 9.17) is 11.5 Å². The van der Waals surface area contributed by atoms with Gasteiger partial charge in [0.2, 0.25) is 0 Å². The Labute approximate surface area is 90.7 Å². The molecule has 0 amide bonds. The predicted octanol–water partition coefficient (Wildman–Crippen LogP) is 0.386. The number of hydrogen-bond donors (Lipinski definition) is 2. The van der Waals surface area contributed by atoms with E-state index >= 15 is 0 Å². The molecule has 0 unspecified atom stereocenters. The molecule has 2 rings (SSSR count). The van der Waals surface area contributed by atoms with Gasteiger partial charge in [0, 0.05) is 24.0 Å². The number of aromatic nitrogens is 2. The van der Waals surface area contributed by atoms with E-state index in [0.717, 1.165) is 10.7 Å². The summed E-state index contributed by atoms with van der Waals surface area (Å²) in [5.41, 5.74) is 12.4. The second kappa shape index (κ2) is 4.09. The maximum Gasteiger partial charge on any atom is 0.194 e. The zero-order valence-corrected chi connectivity index (χ0v) is 8.96. The lowest BCUT2D eigenvalue weighted by Crippen LogP contribution is -2.11. The van der Waals surface area contributed by atoms with Crippen LogP contribution in [0.5, 0.6) is 0 Å². The smallest absolute Gasteiger partial charge is 0.194 e. The van der Waals surface area contributed by atoms with Crippen molar-refractivity contribution in [2.45, 2.75) is 13.0 Å². The summed E-state index contributed by atoms with van der Waals surface area (Å²) < 4.78 is 1.81. The first-order valence-corrected chi connectivity index (χ1v) is 5.53. The van der Waals surface area contributed by atoms with Gasteiger partial charge in [0.1, 0.15) is 5.69 Å². The van der Waals surface area contributed by atoms with Gasteiger partial charge >= 0.3 is 0 Å². The fourth-order valence-corrected chi connectivity index (χ4v) is 2.34. The Kier molecular flexibility index (Phi) is 2.81. The molecule has 5 nitrogen and oxygen atoms in total. The Hall–Kier alpha value is -1.24. The van der Waals surface area contributed by atoms with Crippen LogP contribution >= 0.6 is 11.3 Å². The topological polar surface area (TPSA) is 86.4 Å². The molecule has 0 aliphatic carbocycles. The van der Waals surface area contributed by atoms with Crippen LogP contribution in [0.3, 0.4) is 0 Å². The van der Waals surface area contributed by atoms with E-state index in [1.807, 2.05) is 9.78 Å². The molecule has 80 valence electrons. The standard InChI is InChI=1S/C9H12N4OS/c10-2-1-8(14)7-4-12-9-13(7)6(3-11)5-15-9/h4-5H,1-3,10-11H2. The minimum atomic E-state index is 0.0121. The van der Waals surface area contributed by atoms with Crippen LogP contribution in [0.2, 0.25) is 0 Å². The van der Waals surface area contributed by atoms with E-state index in [1.165, 1.54) is 11.3 Å². The number of thiazole rings is 1. The number of carbonyl (C=O) groups excluding carboxylic acids is 1. The highest BCUT2D eigenvalue weighted by Crippen LogP contribution is 2.18. The van der Waals surface area contributed by atoms with Crippen molar-refractivity contribution in [3.63, 3.8) is 0 Å². The monoisotopic (exact) mass is 224 g/mol. The molecule has 4 N–H and O–H groups in total. The largest absolute Gasteiger partial charge is 0.330 e. The Morgan fingerprint density at radius 1 is 1.53 bits per heavy atom. The first kappa shape index (κ1) is 10.3. The second-order valence-electron chi connectivity index (χ2n) is 3.15. The lowest BCUT2D eigenvalue weighted by molar-refractivity contribution is 0.0979. The maximum absolute atomic E-state index is 11.7. The van der Waals surface area contributed by atoms with Gasteiger partial charge in [0.25, 0.3) is 0 Å². The fraction of sp³-hybridized carbons (Fsp3) is 0.333. The third-order valence-corrected chi connectivity index (χ3v) is 3.07. The van der Waals surface area contributed by atoms with Gasteiger partial charge in [-0.3, -0.25) is 9.20 Å². The minimum absolute atomic E-state index is 0.0121. The number of nitrogens with zero attached hydrogens (tertiary/aromatic N) is 2. The molecule has 0 spiro atoms. The molecule has 0 aliphatic rings. The molecule has 15 heavy (non-hydrogen) atoms. The van der Waals surface area contributed by atoms with Crippen LogP contribution in [-0.4, -0.2) is 21.7 Å². The molecule has 2 aromatic rings. The number of hydrogen-bond acceptors (Lipinski definition) is 5. The summed E-state index contributed by atoms with van der Waals surface area (Å²) in [5, 5.41) is 1.92. The van der Waals surface area contributed by atoms with Crippen LogP contribution in [0, 0.1) is 0 Å². The van der Waals surface area contributed by atoms with Crippen molar-refractivity contribution in [3.8, 4) is 0 Å². The highest BCUT2D eigenvalue weighted by atomic mass is 32.1. The van der Waals surface area contributed by atoms with Gasteiger partial charge in [-0.2, -0.15) is 0 Å². The van der Waals surface area contributed by atoms with Crippen molar-refractivity contribution < 1.29 is 4.79 Å². The van der Waals surface area contributed by atoms with E-state index < -0.39 is 0 Å². The number of fused-ring (bicyclic) bond motifs is 1. The number of nitrogens with two attached hydrogens (primary N) is 2. The lowest BCUT2D eigenvalue weighted by Gasteiger charge is -2.00. The van der Waals surface area contributed by atoms with Crippen molar-refractivity contribution in [1.29, 1.82) is 0 Å². The average Bonchev–Trinajstić information content (AvgIpc) is 2.77. The van der Waals surface area contributed by atoms with Crippen LogP contribution in [-0.2, 0) is 6.54 Å². The van der Waals surface area contributed by atoms with E-state index in [2.05, 4.69) is 4.98 Å². The summed E-state index contributed by atoms with van der Waals surface area (Å²) >= 11 is 1.48. The van der Waals surface area contributed by atoms with Crippen LogP contribution in [0.4, 0.5) is 0 Å². The fourth-order valence-electron chi connectivity index (χ4n) is 1.46. The summed E-state index contributed by atoms with van der Waals surface area (Å²) in [6.07, 6.45) is 1.93. The zero-order chi connectivity index (χ0) is 10.8. The third-order valence-electron chi connectivity index (χ3n) is 2.18. The van der Waals surface area contributed by atoms with Crippen molar-refractivity contribution in [1.82, 2.24) is 9.38 Å². The molecule has 0 saturated heterocycles. The van der Waals surface area contributed by atoms with Gasteiger partial charge in [-0.05, 0) is 6.54 Å². The Morgan fingerprint density at radius 3 is 3.00 bits per heavy atom. The molecule has 0 radical (unpaired) electrons. The summed E-state index contributed by atoms with van der Waals surface area (Å²) in [4.78, 5) is 16.7. The lowest BCUT2D eigenvalue weighted by atomic mass is 10.2. The summed E-state index contributed by atoms with van der Waals surface area (Å²) in [5.74, 6) is 0.0121. The Morgan fingerprint density at radius 2 is 2.33 bits per heavy atom. The van der Waals surface area contributed by atoms with Gasteiger partial charge in [0.15, 0.2) is 10.7 Å². The molecule has 6 heteroatoms. The van der Waals surface area contributed by atoms with Crippen LogP contribution in [0.15, 0.2) is 11.6 Å². The Bertz CT molecular complexity index is 487. The van der Waals surface area contributed by atoms with E-state index in [-0.39, 0.29) is 5.78 Å². The number of ketones is 1. The Balaban J connectivity index is 2.50. The van der Waals surface area contributed by atoms with Gasteiger partial charge < -0.3 is 11.5 Å². The highest BCUT2D eigenvalue weighted by molar-refractivity contribution is 7.15. The second-order valence-corrected chi connectivity index (χ2v) is 3.99. The first-order chi connectivity index (χ1) is 7.27. The SMILES string of the molecule is NCCC(=O)c1cnc2scc(CN)n12. The molecule has 2 aromatic heterocycles. The van der Waals surface area contributed by atoms with Crippen LogP contribution in [0.1, 0.15) is 22.6 Å². The number of rotatable bonds is 4. The van der Waals surface area contributed by atoms with Gasteiger partial charge in [0.05, 0.1) is 6.20 Å². The summed E-state index contributed by atoms with van der Waals surface area (Å²) in [6, 6.07) is 0. The predicted molar refractivity (Wildman–Crippen MR) is 59.0 cm³/mol. The van der Waals surface area contributed by atoms with E-state index in [1.54, 1.807) is 6.20 Å². The minimum Gasteiger partial charge on any atom is -0.330 e. The molecule has 0 fully saturated rings. The third kappa shape index (κ3) is 1.67. The van der Waals surface area contributed by atoms with E-state index in [0.29, 0.717) is 25.2 Å². The van der Waals surface area contributed by atoms with Crippen molar-refractivity contribution in [2.75, 3.05) is 6.54 Å². The van der Waals surface area contributed by atoms with Crippen LogP contribution < -0.4 is 11.5 Å². The molecule has 0 atom stereocenters. The van der Waals surface area contributed by atoms with Gasteiger partial charge in [-0.1, -0.05) is 0 Å². The zero-order valence-electron chi connectivity index (χ0n) is 8.14. The normalized spacial score (nSPS) is 11.1. The van der Waals surface area contributed by atoms with Gasteiger partial charge in [-0.15, -0.1) is 11.3 Å². The van der Waals surface area contributed by atoms with Crippen LogP contribution in [0.25, 0.3) is 4.96 Å². The number of carbonyl (C=O) groups is 1. The number of Topliss-reactive ketones (excluding diaryl/α,β-unsaturated/α-hetero) is 1. The molecular formula is C9H12N4OS. The van der Waals surface area contributed by atoms with Crippen molar-refractivity contribution >= 4 is 22.1 Å². The summed E-state index contributed by atoms with van der Waals surface area (Å²) in [7, 11) is 0. The molecule has 0 aliphatic heterocycles. The quantitative estimate of drug-likeness (QED) is 0.735. The highest BCUT2D eigenvalue weighted by Gasteiger charge is 2.14. The molecule has 0 saturated carbocycles.